The molecule has 0 aromatic carbocycles. The van der Waals surface area contributed by atoms with Gasteiger partial charge in [0.05, 0.1) is 93.5 Å². The molecule has 4 unspecified atom stereocenters. The van der Waals surface area contributed by atoms with Crippen molar-refractivity contribution >= 4 is 17.9 Å². The summed E-state index contributed by atoms with van der Waals surface area (Å²) in [6.07, 6.45) is -67.7. The zero-order chi connectivity index (χ0) is 110. The molecule has 858 valence electrons. The van der Waals surface area contributed by atoms with Crippen LogP contribution in [0.4, 0.5) is 0 Å². The second-order valence-electron chi connectivity index (χ2n) is 45.7. The Morgan fingerprint density at radius 3 is 1.48 bits per heavy atom. The van der Waals surface area contributed by atoms with E-state index in [9.17, 15) is 138 Å². The summed E-state index contributed by atoms with van der Waals surface area (Å²) in [6.45, 7) is 25.5. The van der Waals surface area contributed by atoms with Crippen LogP contribution in [0.2, 0.25) is 0 Å². The third kappa shape index (κ3) is 23.3. The molecule has 0 aromatic rings. The van der Waals surface area contributed by atoms with Crippen LogP contribution in [0.1, 0.15) is 167 Å². The highest BCUT2D eigenvalue weighted by atomic mass is 16.8. The van der Waals surface area contributed by atoms with Gasteiger partial charge in [0.1, 0.15) is 182 Å². The van der Waals surface area contributed by atoms with Gasteiger partial charge in [-0.2, -0.15) is 0 Å². The van der Waals surface area contributed by atoms with E-state index >= 15 is 9.59 Å². The Morgan fingerprint density at radius 1 is 0.427 bits per heavy atom. The van der Waals surface area contributed by atoms with Crippen molar-refractivity contribution in [1.82, 2.24) is 0 Å². The summed E-state index contributed by atoms with van der Waals surface area (Å²) in [5.41, 5.74) is -8.73. The van der Waals surface area contributed by atoms with Crippen LogP contribution in [0.5, 0.6) is 0 Å². The number of carbonyl (C=O) groups excluding carboxylic acids is 3. The van der Waals surface area contributed by atoms with Gasteiger partial charge in [-0.1, -0.05) is 84.4 Å². The molecule has 49 heteroatoms. The number of rotatable bonds is 35. The molecule has 9 saturated heterocycles. The van der Waals surface area contributed by atoms with Crippen LogP contribution < -0.4 is 0 Å². The fourth-order valence-corrected chi connectivity index (χ4v) is 25.4. The van der Waals surface area contributed by atoms with E-state index < -0.39 is 397 Å². The quantitative estimate of drug-likeness (QED) is 0.00922. The SMILES string of the molecule is C=C[C@](C)(CC/C=C(\C)C(=O)O[C@H]1[C@H](O)[C@@H](O)[C@H](O[C@](C)(C=C)CC/C=C(\CO)C(=O)OC2C[C@@]3(C(=O)O[C@@H]4O[C@H](CO)[C@@H](O)[C@H](O)[C@H]4O[C@@H]4O[C@@H](C)[C@H](O[C@@H]5O[C@@H](CO)[C@H](O)[C@H]5O)[C@@H](O[C@@H]5O[C@H](CO)[C@@H](O)[C@H](O)[C@H]5O)[C@H]4O)C(CC2(C)C)C2=CCC4[C@@]5(C)CC[C@@H](O[C@@H]6O[C@H](CO[C@@H]7OC[C@H](O)[C@H](O)[C@H]7O[C@@H]7OC[C@@H](O)[C@H](O)[C@H]7O)[C@@H](O)[C@H](O)[C@H]6O)C(C)(C)C5CC[C@@]4(C)[C@]2(C)C[C@H]3O)O[C@@H]1C)O[C@@H]1O[C@H](C)[C@@H](O)[C@H](O)[C@H]1O. The minimum atomic E-state index is -2.30. The van der Waals surface area contributed by atoms with Gasteiger partial charge < -0.3 is 228 Å². The van der Waals surface area contributed by atoms with Crippen LogP contribution >= 0.6 is 0 Å². The number of ether oxygens (including phenoxy) is 20. The van der Waals surface area contributed by atoms with Crippen LogP contribution in [0, 0.1) is 50.2 Å². The number of hydrogen-bond donors (Lipinski definition) is 26. The largest absolute Gasteiger partial charge is 0.458 e. The summed E-state index contributed by atoms with van der Waals surface area (Å²) >= 11 is 0. The highest BCUT2D eigenvalue weighted by Crippen LogP contribution is 2.77. The molecule has 26 N–H and O–H groups in total. The minimum Gasteiger partial charge on any atom is -0.458 e. The molecular weight excluding hydrogens is 2000 g/mol. The van der Waals surface area contributed by atoms with Crippen LogP contribution in [0.15, 0.2) is 60.3 Å². The maximum Gasteiger partial charge on any atom is 0.336 e. The van der Waals surface area contributed by atoms with Crippen molar-refractivity contribution in [2.45, 2.75) is 455 Å². The zero-order valence-corrected chi connectivity index (χ0v) is 86.5. The standard InChI is InChI=1S/C101H160O49/c1-16-96(11,149-89-74(125)65(116)58(109)41(4)134-89)26-18-20-40(3)82(128)143-77-42(5)136-90(75(126)69(77)120)150-97(12,17-2)27-19-21-44(33-102)83(129)141-57-32-101(93(130)148-92-81(68(119)62(113)50(35-104)139-92)147-88-76(127)79(145-87-73(124)66(117)61(112)49(34-103)137-87)78(43(6)135-88)144-86-71(122)63(114)51(36-105)138-86)46(30-94(57,7)8)45-22-23-54-98(13)28-25-56(95(9,10)53(98)24-29-99(54,14)100(45,15)31-55(101)108)142-85-72(123)67(118)64(115)52(140-85)39-133-91-80(60(111)48(107)38-132-91)146-84-70(121)59(110)47(106)37-131-84/h16-17,20-22,41-43,46-81,84-92,102-127H,1-2,18-19,23-39H2,3-15H3/b40-20+,44-21+/t41-,42-,43+,46?,47-,48+,49-,50-,51+,52-,53?,54?,55-,56-,57?,58-,59+,60+,61-,62-,63+,64-,65+,66+,67+,68+,69-,70-,71-,72-,73-,74-,75-,76-,77-,78+,79+,80-,81-,84+,85+,86+,87+,88+,89+,90+,91+,92+,96-,97-,98+,99-,100-,101-/m1/s1. The highest BCUT2D eigenvalue weighted by molar-refractivity contribution is 5.89. The van der Waals surface area contributed by atoms with Crippen molar-refractivity contribution in [2.24, 2.45) is 50.2 Å². The van der Waals surface area contributed by atoms with Crippen molar-refractivity contribution < 1.29 is 242 Å². The predicted molar refractivity (Wildman–Crippen MR) is 503 cm³/mol. The van der Waals surface area contributed by atoms with Gasteiger partial charge in [0, 0.05) is 17.4 Å². The number of aliphatic hydroxyl groups excluding tert-OH is 26. The normalized spacial score (nSPS) is 49.2. The van der Waals surface area contributed by atoms with Crippen LogP contribution in [-0.2, 0) is 109 Å². The molecule has 0 spiro atoms. The highest BCUT2D eigenvalue weighted by Gasteiger charge is 2.74. The van der Waals surface area contributed by atoms with Crippen molar-refractivity contribution in [2.75, 3.05) is 46.2 Å². The lowest BCUT2D eigenvalue weighted by atomic mass is 9.33. The summed E-state index contributed by atoms with van der Waals surface area (Å²) in [6, 6.07) is 0. The molecule has 0 bridgehead atoms. The monoisotopic (exact) mass is 2160 g/mol. The first-order valence-electron chi connectivity index (χ1n) is 51.8. The molecule has 9 aliphatic heterocycles. The van der Waals surface area contributed by atoms with Gasteiger partial charge in [-0.15, -0.1) is 13.2 Å². The van der Waals surface area contributed by atoms with E-state index in [4.69, 9.17) is 94.7 Å². The Labute approximate surface area is 867 Å². The summed E-state index contributed by atoms with van der Waals surface area (Å²) in [4.78, 5) is 45.7. The summed E-state index contributed by atoms with van der Waals surface area (Å²) < 4.78 is 121. The third-order valence-electron chi connectivity index (χ3n) is 35.3. The van der Waals surface area contributed by atoms with E-state index in [1.165, 1.54) is 52.0 Å². The van der Waals surface area contributed by atoms with Gasteiger partial charge in [0.25, 0.3) is 0 Å². The molecule has 0 aromatic heterocycles. The number of carbonyl (C=O) groups is 3. The molecule has 0 radical (unpaired) electrons. The van der Waals surface area contributed by atoms with E-state index in [0.717, 1.165) is 0 Å². The molecule has 54 atom stereocenters. The van der Waals surface area contributed by atoms with Crippen LogP contribution in [0.3, 0.4) is 0 Å². The second-order valence-corrected chi connectivity index (χ2v) is 45.7. The molecule has 9 heterocycles. The van der Waals surface area contributed by atoms with Gasteiger partial charge in [-0.25, -0.2) is 9.59 Å². The van der Waals surface area contributed by atoms with Gasteiger partial charge in [0.2, 0.25) is 6.29 Å². The minimum absolute atomic E-state index is 0.0581. The number of hydrogen-bond acceptors (Lipinski definition) is 49. The molecule has 14 aliphatic rings. The summed E-state index contributed by atoms with van der Waals surface area (Å²) in [5.74, 6) is -4.70. The maximum atomic E-state index is 16.9. The fourth-order valence-electron chi connectivity index (χ4n) is 25.4. The molecule has 13 fully saturated rings. The Balaban J connectivity index is 0.715. The molecule has 150 heavy (non-hydrogen) atoms. The molecular formula is C101H160O49. The molecule has 0 amide bonds. The Bertz CT molecular complexity index is 4630. The first-order chi connectivity index (χ1) is 70.3. The first-order valence-corrected chi connectivity index (χ1v) is 51.8. The van der Waals surface area contributed by atoms with E-state index in [1.807, 2.05) is 20.8 Å². The van der Waals surface area contributed by atoms with E-state index in [-0.39, 0.29) is 61.5 Å². The van der Waals surface area contributed by atoms with Gasteiger partial charge in [-0.05, 0) is 152 Å². The third-order valence-corrected chi connectivity index (χ3v) is 35.3. The molecule has 4 saturated carbocycles. The Kier molecular flexibility index (Phi) is 38.4. The van der Waals surface area contributed by atoms with E-state index in [0.29, 0.717) is 37.7 Å². The summed E-state index contributed by atoms with van der Waals surface area (Å²) in [7, 11) is 0. The topological polar surface area (TPSA) is 762 Å². The summed E-state index contributed by atoms with van der Waals surface area (Å²) in [5, 5.41) is 290. The average molecular weight is 2160 g/mol. The van der Waals surface area contributed by atoms with Gasteiger partial charge in [-0.3, -0.25) is 4.79 Å². The van der Waals surface area contributed by atoms with Crippen molar-refractivity contribution in [3.63, 3.8) is 0 Å². The van der Waals surface area contributed by atoms with Crippen molar-refractivity contribution in [3.8, 4) is 0 Å². The van der Waals surface area contributed by atoms with Crippen molar-refractivity contribution in [3.05, 3.63) is 60.3 Å². The predicted octanol–water partition coefficient (Wildman–Crippen LogP) is -6.57. The van der Waals surface area contributed by atoms with E-state index in [2.05, 4.69) is 33.1 Å². The zero-order valence-electron chi connectivity index (χ0n) is 86.5. The number of aliphatic hydroxyl groups is 26. The Hall–Kier alpha value is -4.61. The number of esters is 3. The van der Waals surface area contributed by atoms with Crippen molar-refractivity contribution in [1.29, 1.82) is 0 Å². The fraction of sp³-hybridized carbons (Fsp3) is 0.871. The maximum absolute atomic E-state index is 16.9. The second kappa shape index (κ2) is 47.7. The number of fused-ring (bicyclic) bond motifs is 7. The number of allylic oxidation sites excluding steroid dienone is 4. The lowest BCUT2D eigenvalue weighted by Crippen LogP contribution is -2.70. The van der Waals surface area contributed by atoms with Crippen LogP contribution in [-0.4, -0.2) is 484 Å². The van der Waals surface area contributed by atoms with Gasteiger partial charge >= 0.3 is 17.9 Å². The lowest BCUT2D eigenvalue weighted by molar-refractivity contribution is -0.390. The van der Waals surface area contributed by atoms with E-state index in [1.54, 1.807) is 27.7 Å². The smallest absolute Gasteiger partial charge is 0.336 e. The molecule has 5 aliphatic carbocycles. The lowest BCUT2D eigenvalue weighted by Gasteiger charge is -2.72. The molecule has 14 rings (SSSR count). The first kappa shape index (κ1) is 121. The Morgan fingerprint density at radius 2 is 0.887 bits per heavy atom. The average Bonchev–Trinajstić information content (AvgIpc) is 0.718. The van der Waals surface area contributed by atoms with Crippen LogP contribution in [0.25, 0.3) is 0 Å². The molecule has 49 nitrogen and oxygen atoms in total. The van der Waals surface area contributed by atoms with Gasteiger partial charge in [0.15, 0.2) is 62.5 Å².